The maximum atomic E-state index is 8.78. The van der Waals surface area contributed by atoms with E-state index < -0.39 is 0 Å². The van der Waals surface area contributed by atoms with Gasteiger partial charge < -0.3 is 6.16 Å². The van der Waals surface area contributed by atoms with Crippen LogP contribution in [0.2, 0.25) is 5.15 Å². The SMILES string of the molecule is N#Cc1cc(Cl)nc(OCc2ccccc2)c1.[H-].[Na+]. The Morgan fingerprint density at radius 2 is 2.00 bits per heavy atom. The Morgan fingerprint density at radius 1 is 1.28 bits per heavy atom. The van der Waals surface area contributed by atoms with Gasteiger partial charge in [0.05, 0.1) is 11.6 Å². The van der Waals surface area contributed by atoms with E-state index in [0.29, 0.717) is 18.1 Å². The molecule has 0 atom stereocenters. The Hall–Kier alpha value is -1.05. The van der Waals surface area contributed by atoms with Gasteiger partial charge in [-0.15, -0.1) is 0 Å². The molecule has 3 nitrogen and oxygen atoms in total. The molecule has 1 aromatic carbocycles. The fraction of sp³-hybridized carbons (Fsp3) is 0.0769. The molecule has 0 spiro atoms. The molecule has 0 N–H and O–H groups in total. The molecule has 1 aromatic heterocycles. The average Bonchev–Trinajstić information content (AvgIpc) is 2.37. The Labute approximate surface area is 134 Å². The van der Waals surface area contributed by atoms with Crippen molar-refractivity contribution in [1.82, 2.24) is 4.98 Å². The summed E-state index contributed by atoms with van der Waals surface area (Å²) in [5.41, 5.74) is 1.47. The molecule has 1 heterocycles. The molecule has 0 radical (unpaired) electrons. The maximum absolute atomic E-state index is 8.78. The van der Waals surface area contributed by atoms with Gasteiger partial charge in [-0.25, -0.2) is 4.98 Å². The summed E-state index contributed by atoms with van der Waals surface area (Å²) < 4.78 is 5.47. The second-order valence-corrected chi connectivity index (χ2v) is 3.79. The van der Waals surface area contributed by atoms with Crippen molar-refractivity contribution in [1.29, 1.82) is 5.26 Å². The Bertz CT molecular complexity index is 560. The van der Waals surface area contributed by atoms with E-state index in [0.717, 1.165) is 5.56 Å². The van der Waals surface area contributed by atoms with Crippen LogP contribution in [-0.2, 0) is 6.61 Å². The first-order chi connectivity index (χ1) is 8.28. The zero-order valence-corrected chi connectivity index (χ0v) is 12.7. The molecule has 5 heteroatoms. The Morgan fingerprint density at radius 3 is 2.67 bits per heavy atom. The standard InChI is InChI=1S/C13H9ClN2O.Na.H/c14-12-6-11(8-15)7-13(16-12)17-9-10-4-2-1-3-5-10;;/h1-7H,9H2;;/q;+1;-1. The number of nitrogens with zero attached hydrogens (tertiary/aromatic N) is 2. The number of nitriles is 1. The zero-order chi connectivity index (χ0) is 12.1. The van der Waals surface area contributed by atoms with Crippen LogP contribution in [0.3, 0.4) is 0 Å². The van der Waals surface area contributed by atoms with E-state index in [2.05, 4.69) is 4.98 Å². The fourth-order valence-electron chi connectivity index (χ4n) is 1.34. The molecule has 2 aromatic rings. The molecule has 18 heavy (non-hydrogen) atoms. The van der Waals surface area contributed by atoms with Crippen LogP contribution in [0, 0.1) is 11.3 Å². The van der Waals surface area contributed by atoms with Crippen LogP contribution in [-0.4, -0.2) is 4.98 Å². The molecule has 0 aliphatic rings. The first-order valence-corrected chi connectivity index (χ1v) is 5.40. The number of pyridine rings is 1. The Balaban J connectivity index is 0.00000162. The summed E-state index contributed by atoms with van der Waals surface area (Å²) in [6, 6.07) is 14.8. The number of hydrogen-bond acceptors (Lipinski definition) is 3. The quantitative estimate of drug-likeness (QED) is 0.594. The number of rotatable bonds is 3. The van der Waals surface area contributed by atoms with Crippen LogP contribution in [0.25, 0.3) is 0 Å². The van der Waals surface area contributed by atoms with Crippen LogP contribution in [0.4, 0.5) is 0 Å². The third kappa shape index (κ3) is 4.32. The monoisotopic (exact) mass is 268 g/mol. The van der Waals surface area contributed by atoms with Crippen LogP contribution < -0.4 is 34.3 Å². The number of ether oxygens (including phenoxy) is 1. The Kier molecular flexibility index (Phi) is 6.17. The summed E-state index contributed by atoms with van der Waals surface area (Å²) in [5.74, 6) is 0.359. The van der Waals surface area contributed by atoms with E-state index in [1.807, 2.05) is 36.4 Å². The second kappa shape index (κ2) is 7.40. The summed E-state index contributed by atoms with van der Waals surface area (Å²) in [4.78, 5) is 3.99. The van der Waals surface area contributed by atoms with Crippen molar-refractivity contribution >= 4 is 11.6 Å². The predicted molar refractivity (Wildman–Crippen MR) is 65.8 cm³/mol. The van der Waals surface area contributed by atoms with Crippen molar-refractivity contribution in [2.24, 2.45) is 0 Å². The topological polar surface area (TPSA) is 45.9 Å². The van der Waals surface area contributed by atoms with Crippen molar-refractivity contribution in [2.45, 2.75) is 6.61 Å². The van der Waals surface area contributed by atoms with Gasteiger partial charge in [0, 0.05) is 6.07 Å². The van der Waals surface area contributed by atoms with Crippen molar-refractivity contribution < 1.29 is 35.7 Å². The molecule has 0 saturated heterocycles. The molecule has 0 saturated carbocycles. The molecule has 86 valence electrons. The van der Waals surface area contributed by atoms with E-state index in [1.54, 1.807) is 6.07 Å². The van der Waals surface area contributed by atoms with Gasteiger partial charge in [-0.1, -0.05) is 41.9 Å². The summed E-state index contributed by atoms with van der Waals surface area (Å²) in [6.45, 7) is 0.402. The van der Waals surface area contributed by atoms with E-state index in [4.69, 9.17) is 21.6 Å². The van der Waals surface area contributed by atoms with E-state index in [-0.39, 0.29) is 36.1 Å². The molecule has 0 fully saturated rings. The average molecular weight is 269 g/mol. The van der Waals surface area contributed by atoms with Crippen LogP contribution in [0.1, 0.15) is 12.6 Å². The maximum Gasteiger partial charge on any atom is 1.00 e. The van der Waals surface area contributed by atoms with Gasteiger partial charge in [-0.2, -0.15) is 5.26 Å². The van der Waals surface area contributed by atoms with Gasteiger partial charge >= 0.3 is 29.6 Å². The van der Waals surface area contributed by atoms with Gasteiger partial charge in [-0.05, 0) is 11.6 Å². The predicted octanol–water partition coefficient (Wildman–Crippen LogP) is 0.302. The molecule has 0 amide bonds. The molecular formula is C13H10ClN2NaO. The minimum atomic E-state index is 0. The number of benzene rings is 1. The molecule has 2 rings (SSSR count). The van der Waals surface area contributed by atoms with Gasteiger partial charge in [0.2, 0.25) is 5.88 Å². The fourth-order valence-corrected chi connectivity index (χ4v) is 1.54. The van der Waals surface area contributed by atoms with E-state index in [1.165, 1.54) is 6.07 Å². The van der Waals surface area contributed by atoms with Gasteiger partial charge in [0.1, 0.15) is 11.8 Å². The second-order valence-electron chi connectivity index (χ2n) is 3.40. The first-order valence-electron chi connectivity index (χ1n) is 5.02. The summed E-state index contributed by atoms with van der Waals surface area (Å²) in [6.07, 6.45) is 0. The largest absolute Gasteiger partial charge is 1.00 e. The normalized spacial score (nSPS) is 9.11. The molecular weight excluding hydrogens is 259 g/mol. The number of hydrogen-bond donors (Lipinski definition) is 0. The summed E-state index contributed by atoms with van der Waals surface area (Å²) in [5, 5.41) is 9.04. The smallest absolute Gasteiger partial charge is 1.00 e. The van der Waals surface area contributed by atoms with E-state index >= 15 is 0 Å². The first kappa shape index (κ1) is 15.0. The van der Waals surface area contributed by atoms with Crippen molar-refractivity contribution in [3.05, 3.63) is 58.7 Å². The van der Waals surface area contributed by atoms with Gasteiger partial charge in [-0.3, -0.25) is 0 Å². The number of halogens is 1. The molecule has 0 unspecified atom stereocenters. The van der Waals surface area contributed by atoms with Crippen LogP contribution in [0.5, 0.6) is 5.88 Å². The van der Waals surface area contributed by atoms with Crippen molar-refractivity contribution in [3.8, 4) is 11.9 Å². The molecule has 0 aliphatic carbocycles. The summed E-state index contributed by atoms with van der Waals surface area (Å²) >= 11 is 5.77. The minimum absolute atomic E-state index is 0. The zero-order valence-electron chi connectivity index (χ0n) is 10.9. The third-order valence-electron chi connectivity index (χ3n) is 2.13. The van der Waals surface area contributed by atoms with Gasteiger partial charge in [0.25, 0.3) is 0 Å². The number of aromatic nitrogens is 1. The molecule has 0 bridgehead atoms. The minimum Gasteiger partial charge on any atom is -1.00 e. The molecule has 0 aliphatic heterocycles. The van der Waals surface area contributed by atoms with Crippen molar-refractivity contribution in [3.63, 3.8) is 0 Å². The summed E-state index contributed by atoms with van der Waals surface area (Å²) in [7, 11) is 0. The van der Waals surface area contributed by atoms with Crippen molar-refractivity contribution in [2.75, 3.05) is 0 Å². The third-order valence-corrected chi connectivity index (χ3v) is 2.32. The van der Waals surface area contributed by atoms with E-state index in [9.17, 15) is 0 Å². The van der Waals surface area contributed by atoms with Crippen LogP contribution >= 0.6 is 11.6 Å². The van der Waals surface area contributed by atoms with Gasteiger partial charge in [0.15, 0.2) is 0 Å². The van der Waals surface area contributed by atoms with Crippen LogP contribution in [0.15, 0.2) is 42.5 Å².